The van der Waals surface area contributed by atoms with Crippen molar-refractivity contribution >= 4 is 17.4 Å². The van der Waals surface area contributed by atoms with Crippen molar-refractivity contribution in [1.82, 2.24) is 0 Å². The molecule has 2 aromatic rings. The Hall–Kier alpha value is -2.00. The van der Waals surface area contributed by atoms with Crippen molar-refractivity contribution in [2.75, 3.05) is 14.2 Å². The van der Waals surface area contributed by atoms with Gasteiger partial charge in [-0.1, -0.05) is 11.6 Å². The Morgan fingerprint density at radius 1 is 1.00 bits per heavy atom. The van der Waals surface area contributed by atoms with Crippen molar-refractivity contribution in [1.29, 1.82) is 0 Å². The van der Waals surface area contributed by atoms with Gasteiger partial charge in [0.25, 0.3) is 0 Å². The monoisotopic (exact) mass is 304 g/mol. The van der Waals surface area contributed by atoms with Gasteiger partial charge in [-0.05, 0) is 54.4 Å². The zero-order valence-corrected chi connectivity index (χ0v) is 12.8. The van der Waals surface area contributed by atoms with Crippen LogP contribution in [0.2, 0.25) is 5.02 Å². The van der Waals surface area contributed by atoms with Crippen LogP contribution in [0.25, 0.3) is 0 Å². The van der Waals surface area contributed by atoms with E-state index in [9.17, 15) is 4.79 Å². The number of hydrogen-bond acceptors (Lipinski definition) is 3. The maximum absolute atomic E-state index is 12.2. The van der Waals surface area contributed by atoms with Crippen LogP contribution < -0.4 is 9.47 Å². The Balaban J connectivity index is 2.03. The minimum absolute atomic E-state index is 0.0801. The van der Waals surface area contributed by atoms with Crippen molar-refractivity contribution in [3.63, 3.8) is 0 Å². The number of Topliss-reactive ketones (excluding diaryl/α,β-unsaturated/α-hetero) is 1. The van der Waals surface area contributed by atoms with Gasteiger partial charge in [0.15, 0.2) is 5.78 Å². The summed E-state index contributed by atoms with van der Waals surface area (Å²) < 4.78 is 10.2. The molecule has 0 radical (unpaired) electrons. The first-order chi connectivity index (χ1) is 10.1. The molecule has 0 saturated heterocycles. The summed E-state index contributed by atoms with van der Waals surface area (Å²) in [6.45, 7) is 0. The van der Waals surface area contributed by atoms with Gasteiger partial charge in [-0.3, -0.25) is 4.79 Å². The van der Waals surface area contributed by atoms with E-state index in [1.165, 1.54) is 0 Å². The predicted molar refractivity (Wildman–Crippen MR) is 83.6 cm³/mol. The van der Waals surface area contributed by atoms with Crippen LogP contribution in [0.5, 0.6) is 11.5 Å². The first kappa shape index (κ1) is 15.4. The summed E-state index contributed by atoms with van der Waals surface area (Å²) in [6, 6.07) is 12.6. The molecular formula is C17H17ClO3. The van der Waals surface area contributed by atoms with E-state index in [-0.39, 0.29) is 5.78 Å². The smallest absolute Gasteiger partial charge is 0.163 e. The number of halogens is 1. The highest BCUT2D eigenvalue weighted by atomic mass is 35.5. The molecular weight excluding hydrogens is 288 g/mol. The van der Waals surface area contributed by atoms with Gasteiger partial charge in [-0.15, -0.1) is 0 Å². The van der Waals surface area contributed by atoms with Crippen molar-refractivity contribution in [3.05, 3.63) is 58.6 Å². The van der Waals surface area contributed by atoms with Crippen LogP contribution >= 0.6 is 11.6 Å². The Morgan fingerprint density at radius 2 is 1.62 bits per heavy atom. The Kier molecular flexibility index (Phi) is 5.23. The fourth-order valence-electron chi connectivity index (χ4n) is 2.04. The fourth-order valence-corrected chi connectivity index (χ4v) is 2.25. The molecule has 21 heavy (non-hydrogen) atoms. The molecule has 0 N–H and O–H groups in total. The van der Waals surface area contributed by atoms with Gasteiger partial charge in [-0.2, -0.15) is 0 Å². The zero-order chi connectivity index (χ0) is 15.2. The molecule has 0 aliphatic rings. The second-order valence-corrected chi connectivity index (χ2v) is 5.02. The summed E-state index contributed by atoms with van der Waals surface area (Å²) in [4.78, 5) is 12.2. The molecule has 0 amide bonds. The van der Waals surface area contributed by atoms with Crippen LogP contribution in [0.3, 0.4) is 0 Å². The van der Waals surface area contributed by atoms with E-state index in [0.717, 1.165) is 17.1 Å². The number of aryl methyl sites for hydroxylation is 1. The summed E-state index contributed by atoms with van der Waals surface area (Å²) >= 11 is 6.14. The molecule has 3 nitrogen and oxygen atoms in total. The number of methoxy groups -OCH3 is 2. The maximum atomic E-state index is 12.2. The van der Waals surface area contributed by atoms with Gasteiger partial charge >= 0.3 is 0 Å². The summed E-state index contributed by atoms with van der Waals surface area (Å²) in [5.74, 6) is 1.56. The normalized spacial score (nSPS) is 10.2. The molecule has 0 heterocycles. The third kappa shape index (κ3) is 3.99. The standard InChI is InChI=1S/C17H17ClO3/c1-20-14-6-3-12(4-7-14)17(19)10-5-13-11-15(21-2)8-9-16(13)18/h3-4,6-9,11H,5,10H2,1-2H3. The summed E-state index contributed by atoms with van der Waals surface area (Å²) in [5, 5.41) is 0.651. The molecule has 0 unspecified atom stereocenters. The van der Waals surface area contributed by atoms with E-state index in [0.29, 0.717) is 23.4 Å². The zero-order valence-electron chi connectivity index (χ0n) is 12.1. The number of rotatable bonds is 6. The van der Waals surface area contributed by atoms with Gasteiger partial charge in [0, 0.05) is 17.0 Å². The van der Waals surface area contributed by atoms with Crippen LogP contribution in [0.1, 0.15) is 22.3 Å². The highest BCUT2D eigenvalue weighted by Crippen LogP contribution is 2.24. The number of benzene rings is 2. The highest BCUT2D eigenvalue weighted by molar-refractivity contribution is 6.31. The first-order valence-electron chi connectivity index (χ1n) is 6.63. The molecule has 2 rings (SSSR count). The van der Waals surface area contributed by atoms with Crippen LogP contribution in [0.15, 0.2) is 42.5 Å². The van der Waals surface area contributed by atoms with Crippen molar-refractivity contribution in [2.45, 2.75) is 12.8 Å². The molecule has 0 atom stereocenters. The Labute approximate surface area is 129 Å². The van der Waals surface area contributed by atoms with Crippen LogP contribution in [-0.4, -0.2) is 20.0 Å². The van der Waals surface area contributed by atoms with Crippen LogP contribution in [0.4, 0.5) is 0 Å². The second-order valence-electron chi connectivity index (χ2n) is 4.61. The third-order valence-electron chi connectivity index (χ3n) is 3.29. The highest BCUT2D eigenvalue weighted by Gasteiger charge is 2.09. The molecule has 110 valence electrons. The summed E-state index contributed by atoms with van der Waals surface area (Å²) in [6.07, 6.45) is 0.986. The number of ketones is 1. The fraction of sp³-hybridized carbons (Fsp3) is 0.235. The first-order valence-corrected chi connectivity index (χ1v) is 7.01. The molecule has 0 aliphatic heterocycles. The lowest BCUT2D eigenvalue weighted by Gasteiger charge is -2.07. The Morgan fingerprint density at radius 3 is 2.24 bits per heavy atom. The minimum Gasteiger partial charge on any atom is -0.497 e. The number of hydrogen-bond donors (Lipinski definition) is 0. The quantitative estimate of drug-likeness (QED) is 0.751. The van der Waals surface area contributed by atoms with E-state index >= 15 is 0 Å². The maximum Gasteiger partial charge on any atom is 0.163 e. The number of carbonyl (C=O) groups is 1. The van der Waals surface area contributed by atoms with Gasteiger partial charge < -0.3 is 9.47 Å². The Bertz CT molecular complexity index is 620. The van der Waals surface area contributed by atoms with Gasteiger partial charge in [-0.25, -0.2) is 0 Å². The van der Waals surface area contributed by atoms with Crippen LogP contribution in [-0.2, 0) is 6.42 Å². The number of ether oxygens (including phenoxy) is 2. The van der Waals surface area contributed by atoms with Crippen molar-refractivity contribution in [2.24, 2.45) is 0 Å². The summed E-state index contributed by atoms with van der Waals surface area (Å²) in [5.41, 5.74) is 1.59. The molecule has 0 fully saturated rings. The average molecular weight is 305 g/mol. The second kappa shape index (κ2) is 7.14. The predicted octanol–water partition coefficient (Wildman–Crippen LogP) is 4.17. The molecule has 0 saturated carbocycles. The molecule has 0 bridgehead atoms. The largest absolute Gasteiger partial charge is 0.497 e. The van der Waals surface area contributed by atoms with Gasteiger partial charge in [0.2, 0.25) is 0 Å². The van der Waals surface area contributed by atoms with Gasteiger partial charge in [0.05, 0.1) is 14.2 Å². The molecule has 0 aliphatic carbocycles. The van der Waals surface area contributed by atoms with Crippen molar-refractivity contribution < 1.29 is 14.3 Å². The lowest BCUT2D eigenvalue weighted by Crippen LogP contribution is -2.01. The molecule has 2 aromatic carbocycles. The minimum atomic E-state index is 0.0801. The number of carbonyl (C=O) groups excluding carboxylic acids is 1. The van der Waals surface area contributed by atoms with E-state index in [1.54, 1.807) is 50.6 Å². The third-order valence-corrected chi connectivity index (χ3v) is 3.66. The van der Waals surface area contributed by atoms with E-state index < -0.39 is 0 Å². The van der Waals surface area contributed by atoms with Crippen molar-refractivity contribution in [3.8, 4) is 11.5 Å². The van der Waals surface area contributed by atoms with E-state index in [1.807, 2.05) is 6.07 Å². The molecule has 0 aromatic heterocycles. The average Bonchev–Trinajstić information content (AvgIpc) is 2.54. The summed E-state index contributed by atoms with van der Waals surface area (Å²) in [7, 11) is 3.21. The lowest BCUT2D eigenvalue weighted by molar-refractivity contribution is 0.0983. The molecule has 0 spiro atoms. The SMILES string of the molecule is COc1ccc(C(=O)CCc2cc(OC)ccc2Cl)cc1. The van der Waals surface area contributed by atoms with E-state index in [4.69, 9.17) is 21.1 Å². The molecule has 4 heteroatoms. The topological polar surface area (TPSA) is 35.5 Å². The van der Waals surface area contributed by atoms with Crippen LogP contribution in [0, 0.1) is 0 Å². The lowest BCUT2D eigenvalue weighted by atomic mass is 10.0. The van der Waals surface area contributed by atoms with E-state index in [2.05, 4.69) is 0 Å². The van der Waals surface area contributed by atoms with Gasteiger partial charge in [0.1, 0.15) is 11.5 Å².